The van der Waals surface area contributed by atoms with E-state index in [1.165, 1.54) is 10.8 Å². The minimum absolute atomic E-state index is 0.0552. The van der Waals surface area contributed by atoms with Gasteiger partial charge in [-0.05, 0) is 34.7 Å². The van der Waals surface area contributed by atoms with Gasteiger partial charge in [0.1, 0.15) is 5.75 Å². The number of rotatable bonds is 5. The molecule has 0 spiro atoms. The van der Waals surface area contributed by atoms with Gasteiger partial charge in [-0.25, -0.2) is 0 Å². The third-order valence-corrected chi connectivity index (χ3v) is 5.16. The summed E-state index contributed by atoms with van der Waals surface area (Å²) in [6.07, 6.45) is 1.31. The average molecular weight is 405 g/mol. The monoisotopic (exact) mass is 404 g/mol. The minimum atomic E-state index is 0.0552. The largest absolute Gasteiger partial charge is 0.496 e. The van der Waals surface area contributed by atoms with Gasteiger partial charge in [0, 0.05) is 12.7 Å². The maximum Gasteiger partial charge on any atom is 0.125 e. The molecule has 3 unspecified atom stereocenters. The average Bonchev–Trinajstić information content (AvgIpc) is 3.12. The molecule has 3 nitrogen and oxygen atoms in total. The fourth-order valence-electron chi connectivity index (χ4n) is 3.93. The predicted molar refractivity (Wildman–Crippen MR) is 127 cm³/mol. The molecule has 1 fully saturated rings. The van der Waals surface area contributed by atoms with Gasteiger partial charge in [0.25, 0.3) is 0 Å². The molecule has 0 amide bonds. The number of fused-ring (bicyclic) bond motifs is 1. The van der Waals surface area contributed by atoms with Crippen molar-refractivity contribution < 1.29 is 14.2 Å². The van der Waals surface area contributed by atoms with E-state index in [-0.39, 0.29) is 12.2 Å². The Labute approximate surface area is 179 Å². The Hall–Kier alpha value is -1.58. The molecule has 1 heterocycles. The molecule has 1 aliphatic heterocycles. The van der Waals surface area contributed by atoms with Gasteiger partial charge < -0.3 is 14.2 Å². The molecular formula is C26H44O3. The quantitative estimate of drug-likeness (QED) is 0.511. The van der Waals surface area contributed by atoms with Crippen LogP contribution in [-0.4, -0.2) is 26.9 Å². The van der Waals surface area contributed by atoms with Crippen LogP contribution < -0.4 is 4.74 Å². The van der Waals surface area contributed by atoms with Gasteiger partial charge in [-0.1, -0.05) is 86.1 Å². The van der Waals surface area contributed by atoms with Gasteiger partial charge in [-0.3, -0.25) is 0 Å². The summed E-state index contributed by atoms with van der Waals surface area (Å²) in [7, 11) is 3.47. The molecule has 0 N–H and O–H groups in total. The molecule has 0 saturated carbocycles. The zero-order valence-corrected chi connectivity index (χ0v) is 20.4. The number of ether oxygens (including phenoxy) is 3. The topological polar surface area (TPSA) is 27.7 Å². The number of benzene rings is 2. The molecular weight excluding hydrogens is 360 g/mol. The van der Waals surface area contributed by atoms with Crippen molar-refractivity contribution in [2.45, 2.75) is 74.0 Å². The lowest BCUT2D eigenvalue weighted by atomic mass is 9.84. The molecule has 4 atom stereocenters. The Morgan fingerprint density at radius 1 is 0.897 bits per heavy atom. The lowest BCUT2D eigenvalue weighted by molar-refractivity contribution is -0.0169. The summed E-state index contributed by atoms with van der Waals surface area (Å²) in [6, 6.07) is 12.7. The van der Waals surface area contributed by atoms with E-state index in [2.05, 4.69) is 50.2 Å². The van der Waals surface area contributed by atoms with E-state index in [1.807, 2.05) is 41.5 Å². The van der Waals surface area contributed by atoms with Crippen molar-refractivity contribution in [2.75, 3.05) is 20.8 Å². The van der Waals surface area contributed by atoms with E-state index in [0.29, 0.717) is 18.4 Å². The van der Waals surface area contributed by atoms with Crippen molar-refractivity contribution in [1.29, 1.82) is 0 Å². The summed E-state index contributed by atoms with van der Waals surface area (Å²) in [4.78, 5) is 0. The Morgan fingerprint density at radius 3 is 1.93 bits per heavy atom. The fraction of sp³-hybridized carbons (Fsp3) is 0.615. The number of hydrogen-bond donors (Lipinski definition) is 0. The van der Waals surface area contributed by atoms with E-state index < -0.39 is 0 Å². The molecule has 166 valence electrons. The Bertz CT molecular complexity index is 668. The smallest absolute Gasteiger partial charge is 0.125 e. The summed E-state index contributed by atoms with van der Waals surface area (Å²) in [5.41, 5.74) is 1.15. The summed E-state index contributed by atoms with van der Waals surface area (Å²) in [5.74, 6) is 1.86. The highest BCUT2D eigenvalue weighted by Crippen LogP contribution is 2.47. The molecule has 0 aromatic heterocycles. The van der Waals surface area contributed by atoms with Gasteiger partial charge in [0.05, 0.1) is 25.9 Å². The van der Waals surface area contributed by atoms with Gasteiger partial charge in [-0.2, -0.15) is 0 Å². The highest BCUT2D eigenvalue weighted by atomic mass is 16.5. The fourth-order valence-corrected chi connectivity index (χ4v) is 3.93. The van der Waals surface area contributed by atoms with Crippen LogP contribution in [0.15, 0.2) is 36.4 Å². The van der Waals surface area contributed by atoms with Crippen molar-refractivity contribution in [3.05, 3.63) is 42.0 Å². The molecule has 3 heteroatoms. The SMILES string of the molecule is CC.CC.CC.CCC1C(COC)O[C@@H](c2cc3ccccc3cc2OC)C1C. The van der Waals surface area contributed by atoms with Crippen molar-refractivity contribution >= 4 is 10.8 Å². The Kier molecular flexibility index (Phi) is 14.5. The first-order valence-corrected chi connectivity index (χ1v) is 11.4. The summed E-state index contributed by atoms with van der Waals surface area (Å²) in [5, 5.41) is 2.42. The standard InChI is InChI=1S/C20H26O3.3C2H6/c1-5-16-13(2)20(23-19(16)12-21-3)17-10-14-8-6-7-9-15(14)11-18(17)22-4;3*1-2/h6-11,13,16,19-20H,5,12H2,1-4H3;3*1-2H3/t13?,16?,19?,20-;;;/m1.../s1. The molecule has 3 rings (SSSR count). The van der Waals surface area contributed by atoms with Crippen LogP contribution in [0.3, 0.4) is 0 Å². The first-order chi connectivity index (χ1) is 14.2. The predicted octanol–water partition coefficient (Wildman–Crippen LogP) is 7.68. The zero-order valence-electron chi connectivity index (χ0n) is 20.4. The van der Waals surface area contributed by atoms with Gasteiger partial charge >= 0.3 is 0 Å². The second-order valence-electron chi connectivity index (χ2n) is 6.42. The van der Waals surface area contributed by atoms with E-state index in [1.54, 1.807) is 14.2 Å². The summed E-state index contributed by atoms with van der Waals surface area (Å²) in [6.45, 7) is 17.2. The lowest BCUT2D eigenvalue weighted by Gasteiger charge is -2.21. The van der Waals surface area contributed by atoms with Crippen LogP contribution in [0.25, 0.3) is 10.8 Å². The van der Waals surface area contributed by atoms with Crippen LogP contribution in [0.5, 0.6) is 5.75 Å². The van der Waals surface area contributed by atoms with Crippen LogP contribution in [0.2, 0.25) is 0 Å². The molecule has 1 saturated heterocycles. The van der Waals surface area contributed by atoms with E-state index in [9.17, 15) is 0 Å². The highest BCUT2D eigenvalue weighted by Gasteiger charge is 2.42. The van der Waals surface area contributed by atoms with Crippen LogP contribution in [0.1, 0.15) is 73.5 Å². The third kappa shape index (κ3) is 6.72. The van der Waals surface area contributed by atoms with Crippen LogP contribution in [0.4, 0.5) is 0 Å². The Morgan fingerprint density at radius 2 is 1.45 bits per heavy atom. The molecule has 2 aromatic carbocycles. The molecule has 0 bridgehead atoms. The molecule has 29 heavy (non-hydrogen) atoms. The molecule has 1 aliphatic rings. The van der Waals surface area contributed by atoms with E-state index in [0.717, 1.165) is 17.7 Å². The minimum Gasteiger partial charge on any atom is -0.496 e. The second kappa shape index (κ2) is 15.3. The van der Waals surface area contributed by atoms with Crippen LogP contribution >= 0.6 is 0 Å². The van der Waals surface area contributed by atoms with Crippen LogP contribution in [0, 0.1) is 11.8 Å². The summed E-state index contributed by atoms with van der Waals surface area (Å²) >= 11 is 0. The third-order valence-electron chi connectivity index (χ3n) is 5.16. The second-order valence-corrected chi connectivity index (χ2v) is 6.42. The normalized spacial score (nSPS) is 22.4. The van der Waals surface area contributed by atoms with E-state index in [4.69, 9.17) is 14.2 Å². The van der Waals surface area contributed by atoms with Gasteiger partial charge in [0.2, 0.25) is 0 Å². The van der Waals surface area contributed by atoms with Crippen molar-refractivity contribution in [3.8, 4) is 5.75 Å². The van der Waals surface area contributed by atoms with E-state index >= 15 is 0 Å². The Balaban J connectivity index is 0.00000120. The molecule has 0 aliphatic carbocycles. The van der Waals surface area contributed by atoms with Crippen molar-refractivity contribution in [2.24, 2.45) is 11.8 Å². The highest BCUT2D eigenvalue weighted by molar-refractivity contribution is 5.85. The van der Waals surface area contributed by atoms with Crippen molar-refractivity contribution in [1.82, 2.24) is 0 Å². The maximum atomic E-state index is 6.39. The number of hydrogen-bond acceptors (Lipinski definition) is 3. The lowest BCUT2D eigenvalue weighted by Crippen LogP contribution is -2.23. The van der Waals surface area contributed by atoms with Gasteiger partial charge in [-0.15, -0.1) is 0 Å². The first-order valence-electron chi connectivity index (χ1n) is 11.4. The molecule has 0 radical (unpaired) electrons. The first kappa shape index (κ1) is 27.4. The summed E-state index contributed by atoms with van der Waals surface area (Å²) < 4.78 is 17.4. The maximum absolute atomic E-state index is 6.39. The molecule has 2 aromatic rings. The van der Waals surface area contributed by atoms with Gasteiger partial charge in [0.15, 0.2) is 0 Å². The van der Waals surface area contributed by atoms with Crippen LogP contribution in [-0.2, 0) is 9.47 Å². The van der Waals surface area contributed by atoms with Crippen molar-refractivity contribution in [3.63, 3.8) is 0 Å². The zero-order chi connectivity index (χ0) is 22.4. The number of methoxy groups -OCH3 is 2.